The maximum Gasteiger partial charge on any atom is 0.272 e. The number of H-pyrrole nitrogens is 1. The molecule has 6 heteroatoms. The lowest BCUT2D eigenvalue weighted by atomic mass is 10.2. The third-order valence-electron chi connectivity index (χ3n) is 4.32. The fraction of sp³-hybridized carbons (Fsp3) is 0.158. The van der Waals surface area contributed by atoms with Crippen LogP contribution in [0.15, 0.2) is 48.5 Å². The van der Waals surface area contributed by atoms with E-state index in [1.54, 1.807) is 35.2 Å². The summed E-state index contributed by atoms with van der Waals surface area (Å²) in [5, 5.41) is 3.45. The first kappa shape index (κ1) is 15.4. The van der Waals surface area contributed by atoms with E-state index < -0.39 is 0 Å². The minimum absolute atomic E-state index is 0.0983. The van der Waals surface area contributed by atoms with Crippen LogP contribution in [-0.4, -0.2) is 23.3 Å². The zero-order chi connectivity index (χ0) is 17.4. The summed E-state index contributed by atoms with van der Waals surface area (Å²) in [5.41, 5.74) is 2.43. The summed E-state index contributed by atoms with van der Waals surface area (Å²) in [6.07, 6.45) is 1.41. The predicted molar refractivity (Wildman–Crippen MR) is 94.2 cm³/mol. The van der Waals surface area contributed by atoms with Crippen molar-refractivity contribution in [1.29, 1.82) is 0 Å². The van der Waals surface area contributed by atoms with E-state index in [4.69, 9.17) is 0 Å². The van der Waals surface area contributed by atoms with E-state index in [1.807, 2.05) is 6.07 Å². The van der Waals surface area contributed by atoms with Crippen molar-refractivity contribution >= 4 is 34.1 Å². The van der Waals surface area contributed by atoms with Crippen LogP contribution >= 0.6 is 0 Å². The van der Waals surface area contributed by atoms with Crippen LogP contribution in [0.1, 0.15) is 23.3 Å². The summed E-state index contributed by atoms with van der Waals surface area (Å²) in [4.78, 5) is 29.0. The van der Waals surface area contributed by atoms with Gasteiger partial charge in [-0.15, -0.1) is 0 Å². The number of carbonyl (C=O) groups is 2. The molecule has 1 aliphatic heterocycles. The normalized spacial score (nSPS) is 14.3. The number of amides is 2. The van der Waals surface area contributed by atoms with Gasteiger partial charge < -0.3 is 15.2 Å². The van der Waals surface area contributed by atoms with Gasteiger partial charge in [-0.3, -0.25) is 9.59 Å². The highest BCUT2D eigenvalue weighted by Crippen LogP contribution is 2.25. The minimum Gasteiger partial charge on any atom is -0.351 e. The molecule has 1 fully saturated rings. The third kappa shape index (κ3) is 2.98. The summed E-state index contributed by atoms with van der Waals surface area (Å²) in [5.74, 6) is -0.566. The molecule has 2 heterocycles. The molecular formula is C19H16FN3O2. The highest BCUT2D eigenvalue weighted by Gasteiger charge is 2.22. The summed E-state index contributed by atoms with van der Waals surface area (Å²) in [6, 6.07) is 13.1. The summed E-state index contributed by atoms with van der Waals surface area (Å²) in [6.45, 7) is 0.698. The number of anilines is 2. The summed E-state index contributed by atoms with van der Waals surface area (Å²) in [7, 11) is 0. The van der Waals surface area contributed by atoms with Crippen molar-refractivity contribution in [3.63, 3.8) is 0 Å². The van der Waals surface area contributed by atoms with Gasteiger partial charge in [0.1, 0.15) is 11.5 Å². The number of nitrogens with one attached hydrogen (secondary N) is 2. The van der Waals surface area contributed by atoms with Gasteiger partial charge in [0, 0.05) is 35.2 Å². The molecule has 126 valence electrons. The van der Waals surface area contributed by atoms with Crippen molar-refractivity contribution in [3.8, 4) is 0 Å². The molecule has 2 aromatic carbocycles. The van der Waals surface area contributed by atoms with Crippen molar-refractivity contribution in [2.24, 2.45) is 0 Å². The Morgan fingerprint density at radius 1 is 1.16 bits per heavy atom. The first-order valence-electron chi connectivity index (χ1n) is 8.10. The Morgan fingerprint density at radius 2 is 2.04 bits per heavy atom. The number of hydrogen-bond donors (Lipinski definition) is 2. The number of rotatable bonds is 3. The summed E-state index contributed by atoms with van der Waals surface area (Å²) >= 11 is 0. The van der Waals surface area contributed by atoms with E-state index in [0.717, 1.165) is 12.1 Å². The van der Waals surface area contributed by atoms with Gasteiger partial charge in [-0.2, -0.15) is 0 Å². The van der Waals surface area contributed by atoms with Crippen LogP contribution in [0.2, 0.25) is 0 Å². The molecule has 25 heavy (non-hydrogen) atoms. The maximum absolute atomic E-state index is 13.3. The fourth-order valence-corrected chi connectivity index (χ4v) is 3.10. The molecule has 5 nitrogen and oxygen atoms in total. The van der Waals surface area contributed by atoms with Crippen LogP contribution in [-0.2, 0) is 4.79 Å². The van der Waals surface area contributed by atoms with Crippen molar-refractivity contribution < 1.29 is 14.0 Å². The van der Waals surface area contributed by atoms with Gasteiger partial charge in [0.2, 0.25) is 5.91 Å². The lowest BCUT2D eigenvalue weighted by molar-refractivity contribution is -0.117. The number of carbonyl (C=O) groups excluding carboxylic acids is 2. The molecule has 1 aromatic heterocycles. The zero-order valence-corrected chi connectivity index (χ0v) is 13.4. The standard InChI is InChI=1S/C19H16FN3O2/c20-13-6-7-16-12(9-13)10-17(22-16)19(25)21-14-3-1-4-15(11-14)23-8-2-5-18(23)24/h1,3-4,6-7,9-11,22H,2,5,8H2,(H,21,25). The van der Waals surface area contributed by atoms with Crippen LogP contribution < -0.4 is 10.2 Å². The average Bonchev–Trinajstić information content (AvgIpc) is 3.20. The zero-order valence-electron chi connectivity index (χ0n) is 13.4. The third-order valence-corrected chi connectivity index (χ3v) is 4.32. The van der Waals surface area contributed by atoms with Gasteiger partial charge in [-0.05, 0) is 48.9 Å². The maximum atomic E-state index is 13.3. The molecule has 1 aliphatic rings. The molecule has 2 amide bonds. The number of halogens is 1. The SMILES string of the molecule is O=C(Nc1cccc(N2CCCC2=O)c1)c1cc2cc(F)ccc2[nH]1. The predicted octanol–water partition coefficient (Wildman–Crippen LogP) is 3.69. The number of nitrogens with zero attached hydrogens (tertiary/aromatic N) is 1. The van der Waals surface area contributed by atoms with E-state index in [2.05, 4.69) is 10.3 Å². The Balaban J connectivity index is 1.56. The Bertz CT molecular complexity index is 980. The van der Waals surface area contributed by atoms with Gasteiger partial charge in [0.25, 0.3) is 5.91 Å². The van der Waals surface area contributed by atoms with Crippen LogP contribution in [0.3, 0.4) is 0 Å². The molecule has 4 rings (SSSR count). The van der Waals surface area contributed by atoms with Crippen LogP contribution in [0.25, 0.3) is 10.9 Å². The minimum atomic E-state index is -0.346. The quantitative estimate of drug-likeness (QED) is 0.765. The largest absolute Gasteiger partial charge is 0.351 e. The van der Waals surface area contributed by atoms with E-state index in [1.165, 1.54) is 12.1 Å². The van der Waals surface area contributed by atoms with Crippen LogP contribution in [0.4, 0.5) is 15.8 Å². The first-order chi connectivity index (χ1) is 12.1. The Morgan fingerprint density at radius 3 is 2.84 bits per heavy atom. The van der Waals surface area contributed by atoms with Crippen molar-refractivity contribution in [1.82, 2.24) is 4.98 Å². The molecule has 1 saturated heterocycles. The van der Waals surface area contributed by atoms with Crippen molar-refractivity contribution in [3.05, 3.63) is 60.0 Å². The number of aromatic amines is 1. The average molecular weight is 337 g/mol. The highest BCUT2D eigenvalue weighted by atomic mass is 19.1. The van der Waals surface area contributed by atoms with Gasteiger partial charge in [-0.1, -0.05) is 6.07 Å². The fourth-order valence-electron chi connectivity index (χ4n) is 3.10. The van der Waals surface area contributed by atoms with Gasteiger partial charge in [-0.25, -0.2) is 4.39 Å². The molecule has 3 aromatic rings. The second-order valence-corrected chi connectivity index (χ2v) is 6.07. The van der Waals surface area contributed by atoms with Gasteiger partial charge in [0.05, 0.1) is 0 Å². The van der Waals surface area contributed by atoms with E-state index >= 15 is 0 Å². The molecule has 0 saturated carbocycles. The first-order valence-corrected chi connectivity index (χ1v) is 8.10. The van der Waals surface area contributed by atoms with Crippen molar-refractivity contribution in [2.45, 2.75) is 12.8 Å². The second kappa shape index (κ2) is 6.05. The Hall–Kier alpha value is -3.15. The number of fused-ring (bicyclic) bond motifs is 1. The molecule has 0 radical (unpaired) electrons. The van der Waals surface area contributed by atoms with E-state index in [-0.39, 0.29) is 17.6 Å². The van der Waals surface area contributed by atoms with Crippen molar-refractivity contribution in [2.75, 3.05) is 16.8 Å². The Kier molecular flexibility index (Phi) is 3.72. The summed E-state index contributed by atoms with van der Waals surface area (Å²) < 4.78 is 13.3. The highest BCUT2D eigenvalue weighted by molar-refractivity contribution is 6.06. The molecule has 0 bridgehead atoms. The molecule has 0 aliphatic carbocycles. The van der Waals surface area contributed by atoms with Crippen LogP contribution in [0, 0.1) is 5.82 Å². The molecule has 2 N–H and O–H groups in total. The van der Waals surface area contributed by atoms with E-state index in [9.17, 15) is 14.0 Å². The van der Waals surface area contributed by atoms with Crippen LogP contribution in [0.5, 0.6) is 0 Å². The topological polar surface area (TPSA) is 65.2 Å². The molecule has 0 spiro atoms. The number of aromatic nitrogens is 1. The Labute approximate surface area is 143 Å². The lowest BCUT2D eigenvalue weighted by Crippen LogP contribution is -2.23. The molecule has 0 unspecified atom stereocenters. The number of hydrogen-bond acceptors (Lipinski definition) is 2. The lowest BCUT2D eigenvalue weighted by Gasteiger charge is -2.16. The van der Waals surface area contributed by atoms with E-state index in [0.29, 0.717) is 35.2 Å². The smallest absolute Gasteiger partial charge is 0.272 e. The molecular weight excluding hydrogens is 321 g/mol. The van der Waals surface area contributed by atoms with Gasteiger partial charge >= 0.3 is 0 Å². The van der Waals surface area contributed by atoms with Gasteiger partial charge in [0.15, 0.2) is 0 Å². The molecule has 0 atom stereocenters. The monoisotopic (exact) mass is 337 g/mol. The number of benzene rings is 2. The second-order valence-electron chi connectivity index (χ2n) is 6.07.